The first-order valence-electron chi connectivity index (χ1n) is 5.75. The van der Waals surface area contributed by atoms with Crippen LogP contribution in [0.2, 0.25) is 0 Å². The average Bonchev–Trinajstić information content (AvgIpc) is 2.28. The second-order valence-corrected chi connectivity index (χ2v) is 4.42. The summed E-state index contributed by atoms with van der Waals surface area (Å²) in [5, 5.41) is 3.25. The van der Waals surface area contributed by atoms with Gasteiger partial charge in [0.2, 0.25) is 0 Å². The van der Waals surface area contributed by atoms with Crippen molar-refractivity contribution < 1.29 is 4.79 Å². The Hall–Kier alpha value is -1.06. The van der Waals surface area contributed by atoms with Crippen LogP contribution in [0.25, 0.3) is 0 Å². The highest BCUT2D eigenvalue weighted by molar-refractivity contribution is 5.94. The van der Waals surface area contributed by atoms with E-state index in [0.29, 0.717) is 0 Å². The summed E-state index contributed by atoms with van der Waals surface area (Å²) in [4.78, 5) is 14.1. The van der Waals surface area contributed by atoms with Crippen molar-refractivity contribution in [1.82, 2.24) is 10.2 Å². The maximum atomic E-state index is 12.2. The fourth-order valence-corrected chi connectivity index (χ4v) is 2.15. The minimum atomic E-state index is 0. The summed E-state index contributed by atoms with van der Waals surface area (Å²) in [6, 6.07) is 6.03. The Kier molecular flexibility index (Phi) is 4.97. The summed E-state index contributed by atoms with van der Waals surface area (Å²) < 4.78 is 0. The van der Waals surface area contributed by atoms with Crippen LogP contribution in [0.4, 0.5) is 0 Å². The summed E-state index contributed by atoms with van der Waals surface area (Å²) in [5.74, 6) is 0.160. The topological polar surface area (TPSA) is 32.3 Å². The van der Waals surface area contributed by atoms with Gasteiger partial charge in [-0.25, -0.2) is 0 Å². The Balaban J connectivity index is 0.00000144. The molecule has 1 aromatic rings. The molecule has 1 N–H and O–H groups in total. The molecular weight excluding hydrogens is 236 g/mol. The molecule has 2 rings (SSSR count). The molecule has 0 saturated carbocycles. The molecule has 1 fully saturated rings. The zero-order valence-electron chi connectivity index (χ0n) is 10.3. The van der Waals surface area contributed by atoms with Crippen LogP contribution in [0.5, 0.6) is 0 Å². The summed E-state index contributed by atoms with van der Waals surface area (Å²) in [6.45, 7) is 7.48. The summed E-state index contributed by atoms with van der Waals surface area (Å²) >= 11 is 0. The molecule has 0 spiro atoms. The number of nitrogens with zero attached hydrogens (tertiary/aromatic N) is 1. The van der Waals surface area contributed by atoms with Crippen molar-refractivity contribution in [1.29, 1.82) is 0 Å². The minimum absolute atomic E-state index is 0. The molecule has 0 bridgehead atoms. The van der Waals surface area contributed by atoms with Gasteiger partial charge in [0.1, 0.15) is 0 Å². The number of rotatable bonds is 1. The molecule has 1 aromatic carbocycles. The van der Waals surface area contributed by atoms with Crippen LogP contribution in [0, 0.1) is 13.8 Å². The second-order valence-electron chi connectivity index (χ2n) is 4.42. The highest BCUT2D eigenvalue weighted by Crippen LogP contribution is 2.11. The molecule has 0 unspecified atom stereocenters. The molecule has 1 aliphatic rings. The van der Waals surface area contributed by atoms with Crippen LogP contribution < -0.4 is 5.32 Å². The van der Waals surface area contributed by atoms with Crippen LogP contribution in [0.15, 0.2) is 18.2 Å². The first-order chi connectivity index (χ1) is 7.66. The predicted molar refractivity (Wildman–Crippen MR) is 71.9 cm³/mol. The monoisotopic (exact) mass is 254 g/mol. The maximum Gasteiger partial charge on any atom is 0.253 e. The Morgan fingerprint density at radius 1 is 1.12 bits per heavy atom. The number of halogens is 1. The molecule has 0 atom stereocenters. The maximum absolute atomic E-state index is 12.2. The molecule has 3 nitrogen and oxygen atoms in total. The van der Waals surface area contributed by atoms with E-state index in [-0.39, 0.29) is 18.3 Å². The third-order valence-electron chi connectivity index (χ3n) is 2.87. The number of aryl methyl sites for hydroxylation is 2. The van der Waals surface area contributed by atoms with E-state index in [9.17, 15) is 4.79 Å². The number of hydrogen-bond donors (Lipinski definition) is 1. The zero-order chi connectivity index (χ0) is 11.5. The number of hydrogen-bond acceptors (Lipinski definition) is 2. The quantitative estimate of drug-likeness (QED) is 0.829. The first-order valence-corrected chi connectivity index (χ1v) is 5.75. The van der Waals surface area contributed by atoms with Gasteiger partial charge in [0.15, 0.2) is 0 Å². The molecule has 1 heterocycles. The van der Waals surface area contributed by atoms with Crippen molar-refractivity contribution in [3.8, 4) is 0 Å². The van der Waals surface area contributed by atoms with E-state index >= 15 is 0 Å². The highest BCUT2D eigenvalue weighted by atomic mass is 35.5. The number of carbonyl (C=O) groups is 1. The Labute approximate surface area is 109 Å². The SMILES string of the molecule is Cc1cc(C)cc(C(=O)N2CCNCC2)c1.Cl. The Bertz CT molecular complexity index is 380. The molecule has 1 saturated heterocycles. The lowest BCUT2D eigenvalue weighted by molar-refractivity contribution is 0.0735. The van der Waals surface area contributed by atoms with Gasteiger partial charge in [-0.05, 0) is 26.0 Å². The molecular formula is C13H19ClN2O. The van der Waals surface area contributed by atoms with Crippen molar-refractivity contribution in [2.24, 2.45) is 0 Å². The van der Waals surface area contributed by atoms with E-state index in [4.69, 9.17) is 0 Å². The van der Waals surface area contributed by atoms with Crippen LogP contribution in [-0.4, -0.2) is 37.0 Å². The molecule has 0 aromatic heterocycles. The first kappa shape index (κ1) is 14.0. The molecule has 4 heteroatoms. The van der Waals surface area contributed by atoms with Gasteiger partial charge in [0, 0.05) is 31.7 Å². The molecule has 1 aliphatic heterocycles. The Morgan fingerprint density at radius 2 is 1.65 bits per heavy atom. The lowest BCUT2D eigenvalue weighted by atomic mass is 10.1. The van der Waals surface area contributed by atoms with Gasteiger partial charge in [-0.15, -0.1) is 12.4 Å². The van der Waals surface area contributed by atoms with Gasteiger partial charge in [0.25, 0.3) is 5.91 Å². The number of benzene rings is 1. The fourth-order valence-electron chi connectivity index (χ4n) is 2.15. The largest absolute Gasteiger partial charge is 0.336 e. The summed E-state index contributed by atoms with van der Waals surface area (Å²) in [6.07, 6.45) is 0. The van der Waals surface area contributed by atoms with Crippen molar-refractivity contribution in [2.45, 2.75) is 13.8 Å². The smallest absolute Gasteiger partial charge is 0.253 e. The molecule has 0 aliphatic carbocycles. The van der Waals surface area contributed by atoms with E-state index < -0.39 is 0 Å². The van der Waals surface area contributed by atoms with Crippen molar-refractivity contribution in [3.05, 3.63) is 34.9 Å². The normalized spacial score (nSPS) is 15.3. The molecule has 1 amide bonds. The lowest BCUT2D eigenvalue weighted by Gasteiger charge is -2.27. The third-order valence-corrected chi connectivity index (χ3v) is 2.87. The van der Waals surface area contributed by atoms with Crippen molar-refractivity contribution >= 4 is 18.3 Å². The standard InChI is InChI=1S/C13H18N2O.ClH/c1-10-7-11(2)9-12(8-10)13(16)15-5-3-14-4-6-15;/h7-9,14H,3-6H2,1-2H3;1H. The minimum Gasteiger partial charge on any atom is -0.336 e. The van der Waals surface area contributed by atoms with Crippen LogP contribution in [0.3, 0.4) is 0 Å². The van der Waals surface area contributed by atoms with E-state index in [1.165, 1.54) is 0 Å². The third kappa shape index (κ3) is 3.45. The predicted octanol–water partition coefficient (Wildman–Crippen LogP) is 1.77. The highest BCUT2D eigenvalue weighted by Gasteiger charge is 2.17. The average molecular weight is 255 g/mol. The number of carbonyl (C=O) groups excluding carboxylic acids is 1. The van der Waals surface area contributed by atoms with Gasteiger partial charge in [-0.2, -0.15) is 0 Å². The van der Waals surface area contributed by atoms with Crippen molar-refractivity contribution in [3.63, 3.8) is 0 Å². The van der Waals surface area contributed by atoms with Crippen LogP contribution in [-0.2, 0) is 0 Å². The molecule has 17 heavy (non-hydrogen) atoms. The van der Waals surface area contributed by atoms with Crippen LogP contribution >= 0.6 is 12.4 Å². The second kappa shape index (κ2) is 6.03. The summed E-state index contributed by atoms with van der Waals surface area (Å²) in [5.41, 5.74) is 3.12. The number of nitrogens with one attached hydrogen (secondary N) is 1. The van der Waals surface area contributed by atoms with Gasteiger partial charge >= 0.3 is 0 Å². The van der Waals surface area contributed by atoms with Gasteiger partial charge in [-0.1, -0.05) is 17.2 Å². The summed E-state index contributed by atoms with van der Waals surface area (Å²) in [7, 11) is 0. The van der Waals surface area contributed by atoms with E-state index in [0.717, 1.165) is 42.9 Å². The van der Waals surface area contributed by atoms with Crippen molar-refractivity contribution in [2.75, 3.05) is 26.2 Å². The Morgan fingerprint density at radius 3 is 2.18 bits per heavy atom. The number of amides is 1. The van der Waals surface area contributed by atoms with Crippen LogP contribution in [0.1, 0.15) is 21.5 Å². The zero-order valence-corrected chi connectivity index (χ0v) is 11.1. The van der Waals surface area contributed by atoms with Gasteiger partial charge < -0.3 is 10.2 Å². The van der Waals surface area contributed by atoms with E-state index in [1.807, 2.05) is 30.9 Å². The lowest BCUT2D eigenvalue weighted by Crippen LogP contribution is -2.46. The van der Waals surface area contributed by atoms with E-state index in [2.05, 4.69) is 11.4 Å². The molecule has 0 radical (unpaired) electrons. The number of piperazine rings is 1. The fraction of sp³-hybridized carbons (Fsp3) is 0.462. The molecule has 94 valence electrons. The van der Waals surface area contributed by atoms with Gasteiger partial charge in [0.05, 0.1) is 0 Å². The van der Waals surface area contributed by atoms with E-state index in [1.54, 1.807) is 0 Å². The van der Waals surface area contributed by atoms with Gasteiger partial charge in [-0.3, -0.25) is 4.79 Å².